The molecule has 1 heterocycles. The summed E-state index contributed by atoms with van der Waals surface area (Å²) in [5, 5.41) is 0. The Bertz CT molecular complexity index is 805. The van der Waals surface area contributed by atoms with Crippen molar-refractivity contribution in [3.63, 3.8) is 0 Å². The summed E-state index contributed by atoms with van der Waals surface area (Å²) in [5.74, 6) is 0.877. The van der Waals surface area contributed by atoms with E-state index in [9.17, 15) is 8.42 Å². The van der Waals surface area contributed by atoms with E-state index in [1.165, 1.54) is 0 Å². The maximum absolute atomic E-state index is 12.9. The largest absolute Gasteiger partial charge is 0.497 e. The van der Waals surface area contributed by atoms with Crippen LogP contribution < -0.4 is 4.74 Å². The van der Waals surface area contributed by atoms with Gasteiger partial charge in [-0.15, -0.1) is 0 Å². The summed E-state index contributed by atoms with van der Waals surface area (Å²) in [6.07, 6.45) is 0.254. The van der Waals surface area contributed by atoms with Crippen molar-refractivity contribution in [2.24, 2.45) is 0 Å². The van der Waals surface area contributed by atoms with Crippen molar-refractivity contribution in [3.05, 3.63) is 65.7 Å². The maximum atomic E-state index is 12.9. The van der Waals surface area contributed by atoms with Crippen LogP contribution in [0.15, 0.2) is 54.6 Å². The molecule has 0 aromatic heterocycles. The van der Waals surface area contributed by atoms with Crippen molar-refractivity contribution in [3.8, 4) is 5.75 Å². The number of rotatable bonds is 6. The van der Waals surface area contributed by atoms with Gasteiger partial charge in [-0.25, -0.2) is 8.42 Å². The molecule has 140 valence electrons. The Labute approximate surface area is 155 Å². The quantitative estimate of drug-likeness (QED) is 0.779. The highest BCUT2D eigenvalue weighted by molar-refractivity contribution is 7.89. The lowest BCUT2D eigenvalue weighted by atomic mass is 10.1. The van der Waals surface area contributed by atoms with Gasteiger partial charge in [0.15, 0.2) is 0 Å². The standard InChI is InChI=1S/C20H25NO4S/c1-16-15-25-20(18-8-10-19(24-2)11-9-18)14-21(16)26(22,23)13-12-17-6-4-3-5-7-17/h3-11,16,20H,12-15H2,1-2H3. The summed E-state index contributed by atoms with van der Waals surface area (Å²) < 4.78 is 38.5. The molecule has 0 saturated carbocycles. The first kappa shape index (κ1) is 18.9. The predicted octanol–water partition coefficient (Wildman–Crippen LogP) is 3.03. The Morgan fingerprint density at radius 2 is 1.81 bits per heavy atom. The fourth-order valence-electron chi connectivity index (χ4n) is 3.15. The molecule has 2 atom stereocenters. The lowest BCUT2D eigenvalue weighted by Crippen LogP contribution is -2.49. The number of sulfonamides is 1. The molecule has 0 aliphatic carbocycles. The SMILES string of the molecule is COc1ccc(C2CN(S(=O)(=O)CCc3ccccc3)C(C)CO2)cc1. The molecule has 26 heavy (non-hydrogen) atoms. The monoisotopic (exact) mass is 375 g/mol. The summed E-state index contributed by atoms with van der Waals surface area (Å²) in [5.41, 5.74) is 1.99. The number of benzene rings is 2. The second-order valence-corrected chi connectivity index (χ2v) is 8.61. The molecule has 2 unspecified atom stereocenters. The smallest absolute Gasteiger partial charge is 0.214 e. The Hall–Kier alpha value is -1.89. The predicted molar refractivity (Wildman–Crippen MR) is 102 cm³/mol. The fraction of sp³-hybridized carbons (Fsp3) is 0.400. The van der Waals surface area contributed by atoms with E-state index in [1.807, 2.05) is 61.5 Å². The van der Waals surface area contributed by atoms with Gasteiger partial charge in [-0.3, -0.25) is 0 Å². The van der Waals surface area contributed by atoms with E-state index in [0.29, 0.717) is 19.6 Å². The van der Waals surface area contributed by atoms with Crippen LogP contribution in [0.25, 0.3) is 0 Å². The van der Waals surface area contributed by atoms with E-state index < -0.39 is 10.0 Å². The summed E-state index contributed by atoms with van der Waals surface area (Å²) in [4.78, 5) is 0. The lowest BCUT2D eigenvalue weighted by molar-refractivity contribution is -0.0288. The highest BCUT2D eigenvalue weighted by Crippen LogP contribution is 2.28. The lowest BCUT2D eigenvalue weighted by Gasteiger charge is -2.37. The molecule has 1 saturated heterocycles. The van der Waals surface area contributed by atoms with Crippen molar-refractivity contribution in [1.29, 1.82) is 0 Å². The van der Waals surface area contributed by atoms with Gasteiger partial charge in [-0.2, -0.15) is 4.31 Å². The minimum absolute atomic E-state index is 0.108. The number of hydrogen-bond donors (Lipinski definition) is 0. The van der Waals surface area contributed by atoms with Crippen LogP contribution in [0.3, 0.4) is 0 Å². The molecule has 5 nitrogen and oxygen atoms in total. The number of methoxy groups -OCH3 is 1. The third-order valence-electron chi connectivity index (χ3n) is 4.71. The minimum Gasteiger partial charge on any atom is -0.497 e. The Morgan fingerprint density at radius 3 is 2.46 bits per heavy atom. The fourth-order valence-corrected chi connectivity index (χ4v) is 4.85. The van der Waals surface area contributed by atoms with Crippen molar-refractivity contribution < 1.29 is 17.9 Å². The Balaban J connectivity index is 1.70. The molecule has 2 aromatic carbocycles. The highest BCUT2D eigenvalue weighted by Gasteiger charge is 2.34. The van der Waals surface area contributed by atoms with Crippen LogP contribution in [0.5, 0.6) is 5.75 Å². The number of hydrogen-bond acceptors (Lipinski definition) is 4. The normalized spacial score (nSPS) is 21.5. The molecule has 0 bridgehead atoms. The number of morpholine rings is 1. The van der Waals surface area contributed by atoms with Crippen LogP contribution in [-0.4, -0.2) is 44.8 Å². The average molecular weight is 375 g/mol. The molecule has 0 radical (unpaired) electrons. The van der Waals surface area contributed by atoms with Gasteiger partial charge in [0.05, 0.1) is 25.6 Å². The average Bonchev–Trinajstić information content (AvgIpc) is 2.68. The van der Waals surface area contributed by atoms with Gasteiger partial charge in [0.1, 0.15) is 5.75 Å². The van der Waals surface area contributed by atoms with E-state index in [2.05, 4.69) is 0 Å². The zero-order chi connectivity index (χ0) is 18.6. The topological polar surface area (TPSA) is 55.8 Å². The summed E-state index contributed by atoms with van der Waals surface area (Å²) in [7, 11) is -1.74. The molecule has 0 N–H and O–H groups in total. The summed E-state index contributed by atoms with van der Waals surface area (Å²) >= 11 is 0. The van der Waals surface area contributed by atoms with Gasteiger partial charge in [-0.05, 0) is 36.6 Å². The van der Waals surface area contributed by atoms with Crippen LogP contribution in [0.1, 0.15) is 24.2 Å². The van der Waals surface area contributed by atoms with E-state index in [4.69, 9.17) is 9.47 Å². The van der Waals surface area contributed by atoms with Gasteiger partial charge in [0.25, 0.3) is 0 Å². The molecule has 1 aliphatic heterocycles. The molecular formula is C20H25NO4S. The van der Waals surface area contributed by atoms with E-state index in [-0.39, 0.29) is 17.9 Å². The van der Waals surface area contributed by atoms with Crippen molar-refractivity contribution in [1.82, 2.24) is 4.31 Å². The number of ether oxygens (including phenoxy) is 2. The maximum Gasteiger partial charge on any atom is 0.214 e. The number of nitrogens with zero attached hydrogens (tertiary/aromatic N) is 1. The van der Waals surface area contributed by atoms with Crippen molar-refractivity contribution >= 4 is 10.0 Å². The first-order valence-corrected chi connectivity index (χ1v) is 10.4. The molecule has 1 fully saturated rings. The molecule has 0 amide bonds. The van der Waals surface area contributed by atoms with E-state index in [1.54, 1.807) is 11.4 Å². The summed E-state index contributed by atoms with van der Waals surface area (Å²) in [6.45, 7) is 2.62. The molecule has 2 aromatic rings. The van der Waals surface area contributed by atoms with Gasteiger partial charge in [0.2, 0.25) is 10.0 Å². The zero-order valence-electron chi connectivity index (χ0n) is 15.2. The van der Waals surface area contributed by atoms with Crippen LogP contribution in [0.4, 0.5) is 0 Å². The van der Waals surface area contributed by atoms with Crippen LogP contribution in [0.2, 0.25) is 0 Å². The third kappa shape index (κ3) is 4.44. The number of aryl methyl sites for hydroxylation is 1. The summed E-state index contributed by atoms with van der Waals surface area (Å²) in [6, 6.07) is 17.1. The first-order chi connectivity index (χ1) is 12.5. The Kier molecular flexibility index (Phi) is 5.96. The van der Waals surface area contributed by atoms with Gasteiger partial charge >= 0.3 is 0 Å². The van der Waals surface area contributed by atoms with Crippen molar-refractivity contribution in [2.75, 3.05) is 26.0 Å². The van der Waals surface area contributed by atoms with Crippen molar-refractivity contribution in [2.45, 2.75) is 25.5 Å². The van der Waals surface area contributed by atoms with Gasteiger partial charge in [-0.1, -0.05) is 42.5 Å². The molecule has 1 aliphatic rings. The molecular weight excluding hydrogens is 350 g/mol. The first-order valence-electron chi connectivity index (χ1n) is 8.78. The molecule has 0 spiro atoms. The van der Waals surface area contributed by atoms with Gasteiger partial charge < -0.3 is 9.47 Å². The second-order valence-electron chi connectivity index (χ2n) is 6.57. The second kappa shape index (κ2) is 8.20. The van der Waals surface area contributed by atoms with E-state index >= 15 is 0 Å². The van der Waals surface area contributed by atoms with Crippen LogP contribution in [0, 0.1) is 0 Å². The Morgan fingerprint density at radius 1 is 1.12 bits per heavy atom. The molecule has 6 heteroatoms. The zero-order valence-corrected chi connectivity index (χ0v) is 16.0. The molecule has 3 rings (SSSR count). The minimum atomic E-state index is -3.36. The highest BCUT2D eigenvalue weighted by atomic mass is 32.2. The van der Waals surface area contributed by atoms with Crippen LogP contribution in [-0.2, 0) is 21.2 Å². The third-order valence-corrected chi connectivity index (χ3v) is 6.66. The van der Waals surface area contributed by atoms with Gasteiger partial charge in [0, 0.05) is 12.6 Å². The van der Waals surface area contributed by atoms with Crippen LogP contribution >= 0.6 is 0 Å². The van der Waals surface area contributed by atoms with E-state index in [0.717, 1.165) is 16.9 Å².